The minimum absolute atomic E-state index is 0.144. The van der Waals surface area contributed by atoms with Crippen molar-refractivity contribution in [1.82, 2.24) is 0 Å². The van der Waals surface area contributed by atoms with Crippen LogP contribution in [0.5, 0.6) is 11.5 Å². The molecule has 104 valence electrons. The quantitative estimate of drug-likeness (QED) is 0.849. The molecule has 0 amide bonds. The number of carbonyl (C=O) groups is 1. The van der Waals surface area contributed by atoms with E-state index in [1.54, 1.807) is 0 Å². The second-order valence-corrected chi connectivity index (χ2v) is 4.37. The molecule has 0 aromatic heterocycles. The molecular formula is C16H17NO3. The molecule has 0 unspecified atom stereocenters. The third kappa shape index (κ3) is 3.83. The average molecular weight is 271 g/mol. The second kappa shape index (κ2) is 6.73. The lowest BCUT2D eigenvalue weighted by molar-refractivity contribution is -0.141. The van der Waals surface area contributed by atoms with Gasteiger partial charge in [-0.1, -0.05) is 30.3 Å². The molecule has 0 saturated heterocycles. The van der Waals surface area contributed by atoms with Gasteiger partial charge in [0.2, 0.25) is 0 Å². The van der Waals surface area contributed by atoms with Crippen LogP contribution in [0, 0.1) is 0 Å². The normalized spacial score (nSPS) is 11.7. The van der Waals surface area contributed by atoms with E-state index >= 15 is 0 Å². The van der Waals surface area contributed by atoms with Gasteiger partial charge in [0.1, 0.15) is 11.5 Å². The van der Waals surface area contributed by atoms with Gasteiger partial charge in [0.15, 0.2) is 0 Å². The van der Waals surface area contributed by atoms with Gasteiger partial charge in [-0.2, -0.15) is 0 Å². The lowest BCUT2D eigenvalue weighted by Gasteiger charge is -2.12. The van der Waals surface area contributed by atoms with Crippen LogP contribution in [0.2, 0.25) is 0 Å². The number of rotatable bonds is 5. The number of benzene rings is 2. The van der Waals surface area contributed by atoms with Crippen molar-refractivity contribution in [2.75, 3.05) is 7.11 Å². The molecule has 20 heavy (non-hydrogen) atoms. The van der Waals surface area contributed by atoms with Gasteiger partial charge in [-0.15, -0.1) is 0 Å². The Balaban J connectivity index is 2.09. The van der Waals surface area contributed by atoms with Crippen LogP contribution in [0.3, 0.4) is 0 Å². The first-order chi connectivity index (χ1) is 9.69. The number of para-hydroxylation sites is 1. The molecule has 2 rings (SSSR count). The molecule has 2 aromatic rings. The molecule has 0 aliphatic carbocycles. The summed E-state index contributed by atoms with van der Waals surface area (Å²) in [5.74, 6) is 1.12. The summed E-state index contributed by atoms with van der Waals surface area (Å²) in [4.78, 5) is 11.2. The summed E-state index contributed by atoms with van der Waals surface area (Å²) >= 11 is 0. The van der Waals surface area contributed by atoms with E-state index in [1.807, 2.05) is 54.6 Å². The van der Waals surface area contributed by atoms with Crippen LogP contribution >= 0.6 is 0 Å². The average Bonchev–Trinajstić information content (AvgIpc) is 2.48. The van der Waals surface area contributed by atoms with Crippen molar-refractivity contribution in [3.05, 3.63) is 60.2 Å². The van der Waals surface area contributed by atoms with Crippen molar-refractivity contribution >= 4 is 5.97 Å². The number of hydrogen-bond acceptors (Lipinski definition) is 4. The zero-order valence-electron chi connectivity index (χ0n) is 11.3. The van der Waals surface area contributed by atoms with Gasteiger partial charge in [0.25, 0.3) is 0 Å². The largest absolute Gasteiger partial charge is 0.469 e. The zero-order chi connectivity index (χ0) is 14.4. The van der Waals surface area contributed by atoms with Crippen LogP contribution in [0.25, 0.3) is 0 Å². The van der Waals surface area contributed by atoms with Gasteiger partial charge in [-0.25, -0.2) is 0 Å². The molecule has 0 radical (unpaired) electrons. The van der Waals surface area contributed by atoms with Crippen molar-refractivity contribution in [1.29, 1.82) is 0 Å². The summed E-state index contributed by atoms with van der Waals surface area (Å²) in [7, 11) is 1.35. The summed E-state index contributed by atoms with van der Waals surface area (Å²) in [5.41, 5.74) is 6.81. The fraction of sp³-hybridized carbons (Fsp3) is 0.188. The molecule has 0 aliphatic rings. The Morgan fingerprint density at radius 3 is 2.50 bits per heavy atom. The molecule has 1 atom stereocenters. The molecule has 0 heterocycles. The van der Waals surface area contributed by atoms with Gasteiger partial charge in [-0.05, 0) is 29.8 Å². The molecule has 2 aromatic carbocycles. The monoisotopic (exact) mass is 271 g/mol. The van der Waals surface area contributed by atoms with Crippen molar-refractivity contribution in [2.45, 2.75) is 12.5 Å². The highest BCUT2D eigenvalue weighted by Gasteiger charge is 2.12. The Kier molecular flexibility index (Phi) is 4.74. The molecule has 4 nitrogen and oxygen atoms in total. The fourth-order valence-electron chi connectivity index (χ4n) is 1.81. The van der Waals surface area contributed by atoms with Crippen molar-refractivity contribution in [3.63, 3.8) is 0 Å². The van der Waals surface area contributed by atoms with E-state index in [9.17, 15) is 4.79 Å². The van der Waals surface area contributed by atoms with E-state index in [2.05, 4.69) is 4.74 Å². The SMILES string of the molecule is COC(=O)C[C@@H](N)c1cccc(Oc2ccccc2)c1. The Morgan fingerprint density at radius 1 is 1.10 bits per heavy atom. The van der Waals surface area contributed by atoms with Gasteiger partial charge in [-0.3, -0.25) is 4.79 Å². The summed E-state index contributed by atoms with van der Waals surface area (Å²) < 4.78 is 10.3. The van der Waals surface area contributed by atoms with Crippen LogP contribution in [-0.4, -0.2) is 13.1 Å². The number of hydrogen-bond donors (Lipinski definition) is 1. The molecule has 0 bridgehead atoms. The third-order valence-electron chi connectivity index (χ3n) is 2.88. The van der Waals surface area contributed by atoms with Crippen LogP contribution in [-0.2, 0) is 9.53 Å². The number of methoxy groups -OCH3 is 1. The molecular weight excluding hydrogens is 254 g/mol. The Labute approximate surface area is 118 Å². The van der Waals surface area contributed by atoms with Gasteiger partial charge < -0.3 is 15.2 Å². The minimum atomic E-state index is -0.401. The maximum atomic E-state index is 11.2. The van der Waals surface area contributed by atoms with Crippen LogP contribution in [0.4, 0.5) is 0 Å². The first-order valence-corrected chi connectivity index (χ1v) is 6.34. The first kappa shape index (κ1) is 14.1. The topological polar surface area (TPSA) is 61.5 Å². The number of esters is 1. The second-order valence-electron chi connectivity index (χ2n) is 4.37. The van der Waals surface area contributed by atoms with E-state index < -0.39 is 6.04 Å². The number of ether oxygens (including phenoxy) is 2. The van der Waals surface area contributed by atoms with Crippen LogP contribution < -0.4 is 10.5 Å². The highest BCUT2D eigenvalue weighted by molar-refractivity contribution is 5.70. The molecule has 0 spiro atoms. The number of carbonyl (C=O) groups excluding carboxylic acids is 1. The zero-order valence-corrected chi connectivity index (χ0v) is 11.3. The molecule has 0 fully saturated rings. The molecule has 2 N–H and O–H groups in total. The summed E-state index contributed by atoms with van der Waals surface area (Å²) in [6.45, 7) is 0. The molecule has 0 aliphatic heterocycles. The maximum absolute atomic E-state index is 11.2. The minimum Gasteiger partial charge on any atom is -0.469 e. The highest BCUT2D eigenvalue weighted by atomic mass is 16.5. The van der Waals surface area contributed by atoms with E-state index in [-0.39, 0.29) is 12.4 Å². The van der Waals surface area contributed by atoms with Crippen molar-refractivity contribution in [3.8, 4) is 11.5 Å². The van der Waals surface area contributed by atoms with Gasteiger partial charge in [0.05, 0.1) is 13.5 Å². The van der Waals surface area contributed by atoms with Gasteiger partial charge in [0, 0.05) is 6.04 Å². The van der Waals surface area contributed by atoms with Crippen LogP contribution in [0.1, 0.15) is 18.0 Å². The van der Waals surface area contributed by atoms with Gasteiger partial charge >= 0.3 is 5.97 Å². The van der Waals surface area contributed by atoms with Crippen LogP contribution in [0.15, 0.2) is 54.6 Å². The highest BCUT2D eigenvalue weighted by Crippen LogP contribution is 2.24. The van der Waals surface area contributed by atoms with Crippen molar-refractivity contribution in [2.24, 2.45) is 5.73 Å². The maximum Gasteiger partial charge on any atom is 0.307 e. The predicted octanol–water partition coefficient (Wildman–Crippen LogP) is 3.04. The Morgan fingerprint density at radius 2 is 1.80 bits per heavy atom. The summed E-state index contributed by atoms with van der Waals surface area (Å²) in [5, 5.41) is 0. The third-order valence-corrected chi connectivity index (χ3v) is 2.88. The number of nitrogens with two attached hydrogens (primary N) is 1. The van der Waals surface area contributed by atoms with E-state index in [1.165, 1.54) is 7.11 Å². The molecule has 4 heteroatoms. The Hall–Kier alpha value is -2.33. The Bertz CT molecular complexity index is 569. The van der Waals surface area contributed by atoms with E-state index in [0.717, 1.165) is 11.3 Å². The van der Waals surface area contributed by atoms with E-state index in [4.69, 9.17) is 10.5 Å². The standard InChI is InChI=1S/C16H17NO3/c1-19-16(18)11-15(17)12-6-5-9-14(10-12)20-13-7-3-2-4-8-13/h2-10,15H,11,17H2,1H3/t15-/m1/s1. The lowest BCUT2D eigenvalue weighted by Crippen LogP contribution is -2.16. The first-order valence-electron chi connectivity index (χ1n) is 6.34. The van der Waals surface area contributed by atoms with Crippen molar-refractivity contribution < 1.29 is 14.3 Å². The predicted molar refractivity (Wildman–Crippen MR) is 76.5 cm³/mol. The smallest absolute Gasteiger partial charge is 0.307 e. The van der Waals surface area contributed by atoms with E-state index in [0.29, 0.717) is 5.75 Å². The lowest BCUT2D eigenvalue weighted by atomic mass is 10.0. The summed E-state index contributed by atoms with van der Waals surface area (Å²) in [6, 6.07) is 16.5. The molecule has 0 saturated carbocycles. The summed E-state index contributed by atoms with van der Waals surface area (Å²) in [6.07, 6.45) is 0.144. The fourth-order valence-corrected chi connectivity index (χ4v) is 1.81.